The molecular formula is C27H22N2O2. The summed E-state index contributed by atoms with van der Waals surface area (Å²) in [6.07, 6.45) is 0.128. The molecule has 0 aliphatic heterocycles. The van der Waals surface area contributed by atoms with Gasteiger partial charge in [-0.1, -0.05) is 48.5 Å². The second-order valence-electron chi connectivity index (χ2n) is 7.64. The lowest BCUT2D eigenvalue weighted by Crippen LogP contribution is -2.05. The number of benzene rings is 4. The summed E-state index contributed by atoms with van der Waals surface area (Å²) >= 11 is 0. The Hall–Kier alpha value is -3.92. The highest BCUT2D eigenvalue weighted by atomic mass is 16.5. The van der Waals surface area contributed by atoms with Gasteiger partial charge >= 0.3 is 0 Å². The van der Waals surface area contributed by atoms with Gasteiger partial charge in [0.2, 0.25) is 5.88 Å². The fourth-order valence-corrected chi connectivity index (χ4v) is 3.60. The minimum Gasteiger partial charge on any atom is -0.491 e. The van der Waals surface area contributed by atoms with E-state index in [0.717, 1.165) is 38.7 Å². The van der Waals surface area contributed by atoms with Crippen LogP contribution in [0.1, 0.15) is 13.8 Å². The molecule has 0 amide bonds. The first-order valence-electron chi connectivity index (χ1n) is 10.4. The average molecular weight is 406 g/mol. The maximum atomic E-state index is 6.37. The maximum absolute atomic E-state index is 6.37. The summed E-state index contributed by atoms with van der Waals surface area (Å²) < 4.78 is 12.1. The van der Waals surface area contributed by atoms with Crippen molar-refractivity contribution in [1.29, 1.82) is 0 Å². The molecule has 0 radical (unpaired) electrons. The molecular weight excluding hydrogens is 384 g/mol. The first-order valence-corrected chi connectivity index (χ1v) is 10.4. The van der Waals surface area contributed by atoms with Crippen molar-refractivity contribution in [2.45, 2.75) is 20.0 Å². The smallest absolute Gasteiger partial charge is 0.230 e. The molecule has 0 aliphatic rings. The van der Waals surface area contributed by atoms with E-state index in [0.29, 0.717) is 11.7 Å². The molecule has 0 N–H and O–H groups in total. The monoisotopic (exact) mass is 406 g/mol. The van der Waals surface area contributed by atoms with E-state index in [1.54, 1.807) is 0 Å². The van der Waals surface area contributed by atoms with Crippen LogP contribution < -0.4 is 9.47 Å². The summed E-state index contributed by atoms with van der Waals surface area (Å²) in [6.45, 7) is 4.02. The first kappa shape index (κ1) is 19.1. The van der Waals surface area contributed by atoms with E-state index < -0.39 is 0 Å². The van der Waals surface area contributed by atoms with Crippen LogP contribution in [0, 0.1) is 0 Å². The Morgan fingerprint density at radius 2 is 1.39 bits per heavy atom. The van der Waals surface area contributed by atoms with Crippen LogP contribution in [-0.2, 0) is 0 Å². The molecule has 4 nitrogen and oxygen atoms in total. The van der Waals surface area contributed by atoms with Crippen LogP contribution in [0.3, 0.4) is 0 Å². The Balaban J connectivity index is 1.59. The lowest BCUT2D eigenvalue weighted by Gasteiger charge is -2.13. The summed E-state index contributed by atoms with van der Waals surface area (Å²) in [7, 11) is 0. The lowest BCUT2D eigenvalue weighted by atomic mass is 10.1. The van der Waals surface area contributed by atoms with E-state index in [1.165, 1.54) is 0 Å². The quantitative estimate of drug-likeness (QED) is 0.314. The van der Waals surface area contributed by atoms with E-state index in [4.69, 9.17) is 19.4 Å². The van der Waals surface area contributed by atoms with Crippen LogP contribution in [0.5, 0.6) is 17.4 Å². The van der Waals surface area contributed by atoms with Gasteiger partial charge in [-0.2, -0.15) is 4.98 Å². The van der Waals surface area contributed by atoms with E-state index in [2.05, 4.69) is 18.2 Å². The minimum atomic E-state index is 0.128. The van der Waals surface area contributed by atoms with Crippen LogP contribution >= 0.6 is 0 Å². The summed E-state index contributed by atoms with van der Waals surface area (Å²) in [4.78, 5) is 9.56. The van der Waals surface area contributed by atoms with Crippen molar-refractivity contribution in [2.75, 3.05) is 0 Å². The van der Waals surface area contributed by atoms with Gasteiger partial charge in [0.15, 0.2) is 5.82 Å². The molecule has 4 aromatic carbocycles. The average Bonchev–Trinajstić information content (AvgIpc) is 2.79. The number of aromatic nitrogens is 2. The van der Waals surface area contributed by atoms with Gasteiger partial charge in [0.25, 0.3) is 0 Å². The second kappa shape index (κ2) is 8.07. The number of hydrogen-bond donors (Lipinski definition) is 0. The molecule has 0 bridgehead atoms. The zero-order valence-electron chi connectivity index (χ0n) is 17.4. The molecule has 0 saturated carbocycles. The van der Waals surface area contributed by atoms with Gasteiger partial charge in [0, 0.05) is 10.9 Å². The third-order valence-electron chi connectivity index (χ3n) is 5.01. The molecule has 0 aliphatic carbocycles. The Morgan fingerprint density at radius 1 is 0.677 bits per heavy atom. The van der Waals surface area contributed by atoms with Crippen molar-refractivity contribution in [3.63, 3.8) is 0 Å². The predicted octanol–water partition coefficient (Wildman–Crippen LogP) is 7.03. The Morgan fingerprint density at radius 3 is 2.19 bits per heavy atom. The number of fused-ring (bicyclic) bond motifs is 2. The van der Waals surface area contributed by atoms with Gasteiger partial charge in [-0.25, -0.2) is 4.98 Å². The Kier molecular flexibility index (Phi) is 4.97. The minimum absolute atomic E-state index is 0.128. The molecule has 0 unspecified atom stereocenters. The van der Waals surface area contributed by atoms with Crippen molar-refractivity contribution < 1.29 is 9.47 Å². The topological polar surface area (TPSA) is 44.2 Å². The molecule has 0 atom stereocenters. The van der Waals surface area contributed by atoms with Gasteiger partial charge in [-0.15, -0.1) is 0 Å². The molecule has 4 heteroatoms. The molecule has 5 aromatic rings. The third kappa shape index (κ3) is 3.92. The molecule has 1 heterocycles. The summed E-state index contributed by atoms with van der Waals surface area (Å²) in [5.74, 6) is 2.75. The van der Waals surface area contributed by atoms with Crippen molar-refractivity contribution >= 4 is 21.7 Å². The van der Waals surface area contributed by atoms with Crippen molar-refractivity contribution in [3.05, 3.63) is 91.0 Å². The van der Waals surface area contributed by atoms with Crippen LogP contribution in [-0.4, -0.2) is 16.1 Å². The van der Waals surface area contributed by atoms with Gasteiger partial charge in [-0.3, -0.25) is 0 Å². The fraction of sp³-hybridized carbons (Fsp3) is 0.111. The van der Waals surface area contributed by atoms with E-state index >= 15 is 0 Å². The number of ether oxygens (including phenoxy) is 2. The molecule has 31 heavy (non-hydrogen) atoms. The lowest BCUT2D eigenvalue weighted by molar-refractivity contribution is 0.242. The first-order chi connectivity index (χ1) is 15.2. The number of nitrogens with zero attached hydrogens (tertiary/aromatic N) is 2. The maximum Gasteiger partial charge on any atom is 0.230 e. The largest absolute Gasteiger partial charge is 0.491 e. The normalized spacial score (nSPS) is 11.2. The highest BCUT2D eigenvalue weighted by Gasteiger charge is 2.13. The molecule has 5 rings (SSSR count). The molecule has 0 saturated heterocycles. The zero-order chi connectivity index (χ0) is 21.2. The third-order valence-corrected chi connectivity index (χ3v) is 5.01. The van der Waals surface area contributed by atoms with E-state index in [9.17, 15) is 0 Å². The highest BCUT2D eigenvalue weighted by Crippen LogP contribution is 2.34. The van der Waals surface area contributed by atoms with Crippen molar-refractivity contribution in [1.82, 2.24) is 9.97 Å². The van der Waals surface area contributed by atoms with Gasteiger partial charge in [-0.05, 0) is 61.7 Å². The molecule has 0 fully saturated rings. The highest BCUT2D eigenvalue weighted by molar-refractivity contribution is 5.90. The Labute approximate surface area is 181 Å². The summed E-state index contributed by atoms with van der Waals surface area (Å²) in [5, 5.41) is 3.04. The molecule has 0 spiro atoms. The number of para-hydroxylation sites is 1. The van der Waals surface area contributed by atoms with Crippen LogP contribution in [0.4, 0.5) is 0 Å². The number of hydrogen-bond acceptors (Lipinski definition) is 4. The molecule has 152 valence electrons. The van der Waals surface area contributed by atoms with Crippen LogP contribution in [0.15, 0.2) is 91.0 Å². The van der Waals surface area contributed by atoms with Crippen molar-refractivity contribution in [2.24, 2.45) is 0 Å². The fourth-order valence-electron chi connectivity index (χ4n) is 3.60. The molecule has 1 aromatic heterocycles. The van der Waals surface area contributed by atoms with Gasteiger partial charge < -0.3 is 9.47 Å². The SMILES string of the molecule is CC(C)Oc1ccc(-c2nc(Oc3cccc4ccccc34)c3ccccc3n2)cc1. The number of rotatable bonds is 5. The predicted molar refractivity (Wildman–Crippen MR) is 125 cm³/mol. The van der Waals surface area contributed by atoms with Crippen molar-refractivity contribution in [3.8, 4) is 28.8 Å². The van der Waals surface area contributed by atoms with Crippen LogP contribution in [0.2, 0.25) is 0 Å². The Bertz CT molecular complexity index is 1360. The van der Waals surface area contributed by atoms with Crippen LogP contribution in [0.25, 0.3) is 33.1 Å². The zero-order valence-corrected chi connectivity index (χ0v) is 17.4. The summed E-state index contributed by atoms with van der Waals surface area (Å²) in [6, 6.07) is 30.0. The second-order valence-corrected chi connectivity index (χ2v) is 7.64. The standard InChI is InChI=1S/C27H22N2O2/c1-18(2)30-21-16-14-20(15-17-21)26-28-24-12-6-5-11-23(24)27(29-26)31-25-13-7-9-19-8-3-4-10-22(19)25/h3-18H,1-2H3. The summed E-state index contributed by atoms with van der Waals surface area (Å²) in [5.41, 5.74) is 1.75. The van der Waals surface area contributed by atoms with Gasteiger partial charge in [0.05, 0.1) is 17.0 Å². The van der Waals surface area contributed by atoms with E-state index in [1.807, 2.05) is 86.6 Å². The van der Waals surface area contributed by atoms with E-state index in [-0.39, 0.29) is 6.10 Å². The van der Waals surface area contributed by atoms with Gasteiger partial charge in [0.1, 0.15) is 11.5 Å².